The van der Waals surface area contributed by atoms with Gasteiger partial charge in [0.25, 0.3) is 0 Å². The van der Waals surface area contributed by atoms with E-state index in [9.17, 15) is 10.1 Å². The molecule has 0 aliphatic carbocycles. The summed E-state index contributed by atoms with van der Waals surface area (Å²) in [5.74, 6) is 1.02. The van der Waals surface area contributed by atoms with Crippen molar-refractivity contribution in [1.82, 2.24) is 15.0 Å². The number of rotatable bonds is 6. The number of aromatic nitrogens is 3. The van der Waals surface area contributed by atoms with Crippen molar-refractivity contribution < 1.29 is 4.92 Å². The highest BCUT2D eigenvalue weighted by atomic mass is 16.6. The molecule has 3 aromatic rings. The van der Waals surface area contributed by atoms with Crippen molar-refractivity contribution >= 4 is 23.1 Å². The van der Waals surface area contributed by atoms with Crippen LogP contribution >= 0.6 is 0 Å². The van der Waals surface area contributed by atoms with E-state index in [2.05, 4.69) is 15.0 Å². The molecule has 0 saturated heterocycles. The molecule has 0 fully saturated rings. The van der Waals surface area contributed by atoms with Crippen molar-refractivity contribution in [1.29, 1.82) is 0 Å². The Morgan fingerprint density at radius 1 is 0.962 bits per heavy atom. The topological polar surface area (TPSA) is 88.3 Å². The van der Waals surface area contributed by atoms with E-state index in [4.69, 9.17) is 0 Å². The highest BCUT2D eigenvalue weighted by Crippen LogP contribution is 2.36. The van der Waals surface area contributed by atoms with Gasteiger partial charge in [0.2, 0.25) is 11.6 Å². The maximum absolute atomic E-state index is 11.8. The van der Waals surface area contributed by atoms with E-state index in [0.29, 0.717) is 12.4 Å². The molecule has 8 nitrogen and oxygen atoms in total. The minimum absolute atomic E-state index is 0.154. The summed E-state index contributed by atoms with van der Waals surface area (Å²) in [6.07, 6.45) is 2.98. The SMILES string of the molecule is CN(C)c1ncnc(N(Cc2ccccc2)c2ccccn2)c1[N+](=O)[O-]. The zero-order valence-corrected chi connectivity index (χ0v) is 14.5. The van der Waals surface area contributed by atoms with Crippen LogP contribution in [0.3, 0.4) is 0 Å². The lowest BCUT2D eigenvalue weighted by Gasteiger charge is -2.23. The van der Waals surface area contributed by atoms with Crippen LogP contribution in [0.2, 0.25) is 0 Å². The molecule has 0 aliphatic heterocycles. The van der Waals surface area contributed by atoms with Crippen molar-refractivity contribution in [3.63, 3.8) is 0 Å². The predicted octanol–water partition coefficient (Wildman–Crippen LogP) is 3.18. The van der Waals surface area contributed by atoms with Gasteiger partial charge >= 0.3 is 5.69 Å². The molecule has 3 rings (SSSR count). The number of hydrogen-bond acceptors (Lipinski definition) is 7. The van der Waals surface area contributed by atoms with Crippen molar-refractivity contribution in [3.8, 4) is 0 Å². The minimum Gasteiger partial charge on any atom is -0.357 e. The predicted molar refractivity (Wildman–Crippen MR) is 99.5 cm³/mol. The summed E-state index contributed by atoms with van der Waals surface area (Å²) >= 11 is 0. The van der Waals surface area contributed by atoms with Crippen molar-refractivity contribution in [3.05, 3.63) is 76.7 Å². The Hall–Kier alpha value is -3.55. The molecule has 0 atom stereocenters. The second-order valence-corrected chi connectivity index (χ2v) is 5.78. The maximum atomic E-state index is 11.8. The summed E-state index contributed by atoms with van der Waals surface area (Å²) in [5, 5.41) is 11.8. The summed E-state index contributed by atoms with van der Waals surface area (Å²) in [6.45, 7) is 0.391. The molecular formula is C18H18N6O2. The number of hydrogen-bond donors (Lipinski definition) is 0. The average Bonchev–Trinajstić information content (AvgIpc) is 2.67. The Balaban J connectivity index is 2.16. The van der Waals surface area contributed by atoms with E-state index in [0.717, 1.165) is 5.56 Å². The van der Waals surface area contributed by atoms with Crippen LogP contribution in [0.15, 0.2) is 61.1 Å². The molecule has 0 N–H and O–H groups in total. The van der Waals surface area contributed by atoms with Gasteiger partial charge in [0, 0.05) is 20.3 Å². The Bertz CT molecular complexity index is 887. The van der Waals surface area contributed by atoms with Gasteiger partial charge in [-0.2, -0.15) is 0 Å². The molecular weight excluding hydrogens is 332 g/mol. The van der Waals surface area contributed by atoms with E-state index < -0.39 is 4.92 Å². The van der Waals surface area contributed by atoms with E-state index >= 15 is 0 Å². The van der Waals surface area contributed by atoms with E-state index in [1.807, 2.05) is 36.4 Å². The fourth-order valence-electron chi connectivity index (χ4n) is 2.59. The van der Waals surface area contributed by atoms with Crippen LogP contribution in [0.25, 0.3) is 0 Å². The quantitative estimate of drug-likeness (QED) is 0.498. The van der Waals surface area contributed by atoms with Crippen molar-refractivity contribution in [2.45, 2.75) is 6.54 Å². The minimum atomic E-state index is -0.453. The number of nitrogens with zero attached hydrogens (tertiary/aromatic N) is 6. The monoisotopic (exact) mass is 350 g/mol. The van der Waals surface area contributed by atoms with Crippen LogP contribution in [0.1, 0.15) is 5.56 Å². The molecule has 0 radical (unpaired) electrons. The summed E-state index contributed by atoms with van der Waals surface area (Å²) in [6, 6.07) is 15.1. The van der Waals surface area contributed by atoms with Crippen LogP contribution < -0.4 is 9.80 Å². The van der Waals surface area contributed by atoms with Gasteiger partial charge in [-0.3, -0.25) is 10.1 Å². The Labute approximate surface area is 150 Å². The van der Waals surface area contributed by atoms with Crippen LogP contribution in [0.5, 0.6) is 0 Å². The van der Waals surface area contributed by atoms with Gasteiger partial charge in [-0.05, 0) is 17.7 Å². The third-order valence-electron chi connectivity index (χ3n) is 3.75. The molecule has 2 heterocycles. The zero-order valence-electron chi connectivity index (χ0n) is 14.5. The Morgan fingerprint density at radius 3 is 2.27 bits per heavy atom. The summed E-state index contributed by atoms with van der Waals surface area (Å²) in [7, 11) is 3.42. The third kappa shape index (κ3) is 3.59. The van der Waals surface area contributed by atoms with Crippen LogP contribution in [0.4, 0.5) is 23.1 Å². The lowest BCUT2D eigenvalue weighted by Crippen LogP contribution is -2.22. The fraction of sp³-hybridized carbons (Fsp3) is 0.167. The Kier molecular flexibility index (Phi) is 5.02. The second kappa shape index (κ2) is 7.56. The normalized spacial score (nSPS) is 10.4. The molecule has 132 valence electrons. The lowest BCUT2D eigenvalue weighted by molar-refractivity contribution is -0.383. The average molecular weight is 350 g/mol. The highest BCUT2D eigenvalue weighted by molar-refractivity contribution is 5.74. The molecule has 0 unspecified atom stereocenters. The van der Waals surface area contributed by atoms with E-state index in [1.165, 1.54) is 6.33 Å². The summed E-state index contributed by atoms with van der Waals surface area (Å²) in [4.78, 5) is 27.3. The molecule has 2 aromatic heterocycles. The molecule has 0 amide bonds. The van der Waals surface area contributed by atoms with Gasteiger partial charge in [-0.15, -0.1) is 0 Å². The third-order valence-corrected chi connectivity index (χ3v) is 3.75. The molecule has 8 heteroatoms. The van der Waals surface area contributed by atoms with Crippen molar-refractivity contribution in [2.75, 3.05) is 23.9 Å². The smallest absolute Gasteiger partial charge is 0.354 e. The van der Waals surface area contributed by atoms with Gasteiger partial charge in [0.15, 0.2) is 0 Å². The molecule has 0 aliphatic rings. The van der Waals surface area contributed by atoms with E-state index in [-0.39, 0.29) is 17.3 Å². The molecule has 0 saturated carbocycles. The van der Waals surface area contributed by atoms with Gasteiger partial charge in [-0.25, -0.2) is 15.0 Å². The first-order chi connectivity index (χ1) is 12.6. The second-order valence-electron chi connectivity index (χ2n) is 5.78. The van der Waals surface area contributed by atoms with Crippen molar-refractivity contribution in [2.24, 2.45) is 0 Å². The van der Waals surface area contributed by atoms with Crippen LogP contribution in [0, 0.1) is 10.1 Å². The molecule has 26 heavy (non-hydrogen) atoms. The first kappa shape index (κ1) is 17.3. The molecule has 0 spiro atoms. The number of pyridine rings is 1. The molecule has 1 aromatic carbocycles. The highest BCUT2D eigenvalue weighted by Gasteiger charge is 2.29. The van der Waals surface area contributed by atoms with Gasteiger partial charge in [0.1, 0.15) is 12.1 Å². The largest absolute Gasteiger partial charge is 0.357 e. The van der Waals surface area contributed by atoms with Gasteiger partial charge in [0.05, 0.1) is 11.5 Å². The first-order valence-corrected chi connectivity index (χ1v) is 7.97. The van der Waals surface area contributed by atoms with Gasteiger partial charge < -0.3 is 9.80 Å². The Morgan fingerprint density at radius 2 is 1.65 bits per heavy atom. The fourth-order valence-corrected chi connectivity index (χ4v) is 2.59. The number of benzene rings is 1. The maximum Gasteiger partial charge on any atom is 0.354 e. The zero-order chi connectivity index (χ0) is 18.5. The van der Waals surface area contributed by atoms with E-state index in [1.54, 1.807) is 42.2 Å². The standard InChI is InChI=1S/C18H18N6O2/c1-22(2)17-16(24(25)26)18(21-13-20-17)23(15-10-6-7-11-19-15)12-14-8-4-3-5-9-14/h3-11,13H,12H2,1-2H3. The van der Waals surface area contributed by atoms with Gasteiger partial charge in [-0.1, -0.05) is 36.4 Å². The van der Waals surface area contributed by atoms with Crippen LogP contribution in [-0.4, -0.2) is 34.0 Å². The lowest BCUT2D eigenvalue weighted by atomic mass is 10.2. The molecule has 0 bridgehead atoms. The summed E-state index contributed by atoms with van der Waals surface area (Å²) in [5.41, 5.74) is 0.830. The number of nitro groups is 1. The van der Waals surface area contributed by atoms with Crippen LogP contribution in [-0.2, 0) is 6.54 Å². The number of anilines is 3. The summed E-state index contributed by atoms with van der Waals surface area (Å²) < 4.78 is 0. The first-order valence-electron chi connectivity index (χ1n) is 7.97.